The first kappa shape index (κ1) is 19.3. The molecular formula is C11H13F9O2. The average molecular weight is 348 g/mol. The van der Waals surface area contributed by atoms with E-state index >= 15 is 0 Å². The lowest BCUT2D eigenvalue weighted by molar-refractivity contribution is -0.385. The summed E-state index contributed by atoms with van der Waals surface area (Å²) in [6.07, 6.45) is -20.3. The molecule has 1 aliphatic rings. The van der Waals surface area contributed by atoms with Gasteiger partial charge < -0.3 is 10.2 Å². The van der Waals surface area contributed by atoms with Crippen molar-refractivity contribution < 1.29 is 49.7 Å². The van der Waals surface area contributed by atoms with E-state index in [0.29, 0.717) is 6.92 Å². The van der Waals surface area contributed by atoms with Gasteiger partial charge in [-0.15, -0.1) is 0 Å². The molecule has 0 heterocycles. The highest BCUT2D eigenvalue weighted by molar-refractivity contribution is 5.05. The molecule has 2 nitrogen and oxygen atoms in total. The summed E-state index contributed by atoms with van der Waals surface area (Å²) in [7, 11) is 0. The van der Waals surface area contributed by atoms with Crippen molar-refractivity contribution in [2.75, 3.05) is 0 Å². The number of hydrogen-bond donors (Lipinski definition) is 2. The Labute approximate surface area is 118 Å². The van der Waals surface area contributed by atoms with Gasteiger partial charge in [0.25, 0.3) is 5.60 Å². The maximum Gasteiger partial charge on any atom is 0.426 e. The smallest absolute Gasteiger partial charge is 0.380 e. The van der Waals surface area contributed by atoms with Gasteiger partial charge in [-0.2, -0.15) is 39.5 Å². The van der Waals surface area contributed by atoms with Gasteiger partial charge in [-0.3, -0.25) is 0 Å². The van der Waals surface area contributed by atoms with Crippen LogP contribution in [0.15, 0.2) is 0 Å². The second-order valence-electron chi connectivity index (χ2n) is 5.61. The monoisotopic (exact) mass is 348 g/mol. The van der Waals surface area contributed by atoms with Crippen LogP contribution in [0.5, 0.6) is 0 Å². The molecule has 132 valence electrons. The zero-order valence-electron chi connectivity index (χ0n) is 11.1. The molecule has 0 aromatic heterocycles. The Morgan fingerprint density at radius 3 is 1.36 bits per heavy atom. The number of alkyl halides is 9. The first-order valence-electron chi connectivity index (χ1n) is 6.11. The SMILES string of the molecule is CC(O)(C1CCC(C(O)(C(F)(F)F)C(F)(F)F)C1)C(F)(F)F. The van der Waals surface area contributed by atoms with Crippen LogP contribution in [0.3, 0.4) is 0 Å². The van der Waals surface area contributed by atoms with Gasteiger partial charge in [-0.05, 0) is 32.1 Å². The maximum absolute atomic E-state index is 12.7. The van der Waals surface area contributed by atoms with Crippen LogP contribution in [-0.2, 0) is 0 Å². The third-order valence-corrected chi connectivity index (χ3v) is 4.26. The van der Waals surface area contributed by atoms with Crippen molar-refractivity contribution >= 4 is 0 Å². The molecule has 3 unspecified atom stereocenters. The van der Waals surface area contributed by atoms with E-state index in [-0.39, 0.29) is 0 Å². The van der Waals surface area contributed by atoms with E-state index < -0.39 is 60.8 Å². The Hall–Kier alpha value is -0.710. The van der Waals surface area contributed by atoms with Crippen LogP contribution >= 0.6 is 0 Å². The fraction of sp³-hybridized carbons (Fsp3) is 1.00. The molecule has 1 saturated carbocycles. The molecule has 0 aromatic rings. The minimum Gasteiger partial charge on any atom is -0.380 e. The van der Waals surface area contributed by atoms with E-state index in [9.17, 15) is 44.6 Å². The van der Waals surface area contributed by atoms with Crippen LogP contribution in [-0.4, -0.2) is 39.9 Å². The average Bonchev–Trinajstić information content (AvgIpc) is 2.72. The van der Waals surface area contributed by atoms with E-state index in [2.05, 4.69) is 0 Å². The van der Waals surface area contributed by atoms with Crippen LogP contribution in [0.4, 0.5) is 39.5 Å². The van der Waals surface area contributed by atoms with E-state index in [1.54, 1.807) is 0 Å². The van der Waals surface area contributed by atoms with Gasteiger partial charge in [0, 0.05) is 5.92 Å². The molecule has 3 atom stereocenters. The largest absolute Gasteiger partial charge is 0.426 e. The lowest BCUT2D eigenvalue weighted by Gasteiger charge is -2.38. The lowest BCUT2D eigenvalue weighted by Crippen LogP contribution is -2.61. The second kappa shape index (κ2) is 5.15. The highest BCUT2D eigenvalue weighted by Gasteiger charge is 2.74. The molecule has 2 N–H and O–H groups in total. The van der Waals surface area contributed by atoms with E-state index in [4.69, 9.17) is 5.11 Å². The first-order valence-corrected chi connectivity index (χ1v) is 6.11. The molecular weight excluding hydrogens is 335 g/mol. The normalized spacial score (nSPS) is 27.8. The molecule has 22 heavy (non-hydrogen) atoms. The first-order chi connectivity index (χ1) is 9.46. The van der Waals surface area contributed by atoms with Gasteiger partial charge in [-0.1, -0.05) is 0 Å². The predicted molar refractivity (Wildman–Crippen MR) is 54.6 cm³/mol. The summed E-state index contributed by atoms with van der Waals surface area (Å²) in [5.74, 6) is -4.37. The summed E-state index contributed by atoms with van der Waals surface area (Å²) in [6, 6.07) is 0. The number of hydrogen-bond acceptors (Lipinski definition) is 2. The summed E-state index contributed by atoms with van der Waals surface area (Å²) in [6.45, 7) is 0.292. The van der Waals surface area contributed by atoms with Crippen molar-refractivity contribution in [2.24, 2.45) is 11.8 Å². The van der Waals surface area contributed by atoms with Crippen molar-refractivity contribution in [3.8, 4) is 0 Å². The van der Waals surface area contributed by atoms with E-state index in [0.717, 1.165) is 0 Å². The number of halogens is 9. The molecule has 11 heteroatoms. The Morgan fingerprint density at radius 2 is 1.05 bits per heavy atom. The van der Waals surface area contributed by atoms with Crippen molar-refractivity contribution in [3.05, 3.63) is 0 Å². The van der Waals surface area contributed by atoms with Crippen molar-refractivity contribution in [1.82, 2.24) is 0 Å². The van der Waals surface area contributed by atoms with Crippen LogP contribution in [0, 0.1) is 11.8 Å². The van der Waals surface area contributed by atoms with Crippen LogP contribution in [0.25, 0.3) is 0 Å². The van der Waals surface area contributed by atoms with E-state index in [1.165, 1.54) is 0 Å². The Balaban J connectivity index is 3.11. The summed E-state index contributed by atoms with van der Waals surface area (Å²) >= 11 is 0. The van der Waals surface area contributed by atoms with Crippen LogP contribution in [0.1, 0.15) is 26.2 Å². The molecule has 1 fully saturated rings. The van der Waals surface area contributed by atoms with E-state index in [1.807, 2.05) is 0 Å². The van der Waals surface area contributed by atoms with Crippen molar-refractivity contribution in [1.29, 1.82) is 0 Å². The third-order valence-electron chi connectivity index (χ3n) is 4.26. The molecule has 1 aliphatic carbocycles. The molecule has 0 bridgehead atoms. The Morgan fingerprint density at radius 1 is 0.682 bits per heavy atom. The quantitative estimate of drug-likeness (QED) is 0.749. The molecule has 0 amide bonds. The minimum absolute atomic E-state index is 0.292. The molecule has 0 spiro atoms. The fourth-order valence-electron chi connectivity index (χ4n) is 2.73. The zero-order chi connectivity index (χ0) is 17.8. The number of aliphatic hydroxyl groups is 2. The van der Waals surface area contributed by atoms with Crippen LogP contribution < -0.4 is 0 Å². The summed E-state index contributed by atoms with van der Waals surface area (Å²) in [5, 5.41) is 18.5. The van der Waals surface area contributed by atoms with Gasteiger partial charge in [0.05, 0.1) is 0 Å². The Bertz CT molecular complexity index is 393. The number of rotatable bonds is 2. The van der Waals surface area contributed by atoms with Gasteiger partial charge in [0.1, 0.15) is 0 Å². The van der Waals surface area contributed by atoms with Crippen molar-refractivity contribution in [2.45, 2.75) is 55.9 Å². The van der Waals surface area contributed by atoms with Gasteiger partial charge >= 0.3 is 18.5 Å². The predicted octanol–water partition coefficient (Wildman–Crippen LogP) is 3.57. The topological polar surface area (TPSA) is 40.5 Å². The Kier molecular flexibility index (Phi) is 4.53. The molecule has 1 rings (SSSR count). The summed E-state index contributed by atoms with van der Waals surface area (Å²) in [5.41, 5.74) is -8.53. The maximum atomic E-state index is 12.7. The second-order valence-corrected chi connectivity index (χ2v) is 5.61. The standard InChI is InChI=1S/C11H13F9O2/c1-7(21,9(12,13)14)5-2-3-6(4-5)8(22,10(15,16)17)11(18,19)20/h5-6,21-22H,2-4H2,1H3. The van der Waals surface area contributed by atoms with Gasteiger partial charge in [-0.25, -0.2) is 0 Å². The minimum atomic E-state index is -6.09. The molecule has 0 radical (unpaired) electrons. The lowest BCUT2D eigenvalue weighted by atomic mass is 9.81. The summed E-state index contributed by atoms with van der Waals surface area (Å²) in [4.78, 5) is 0. The summed E-state index contributed by atoms with van der Waals surface area (Å²) < 4.78 is 114. The highest BCUT2D eigenvalue weighted by atomic mass is 19.4. The van der Waals surface area contributed by atoms with Gasteiger partial charge in [0.2, 0.25) is 0 Å². The highest BCUT2D eigenvalue weighted by Crippen LogP contribution is 2.55. The third kappa shape index (κ3) is 2.89. The zero-order valence-corrected chi connectivity index (χ0v) is 11.1. The van der Waals surface area contributed by atoms with Gasteiger partial charge in [0.15, 0.2) is 5.60 Å². The van der Waals surface area contributed by atoms with Crippen LogP contribution in [0.2, 0.25) is 0 Å². The van der Waals surface area contributed by atoms with Crippen molar-refractivity contribution in [3.63, 3.8) is 0 Å². The molecule has 0 saturated heterocycles. The molecule has 0 aliphatic heterocycles. The fourth-order valence-corrected chi connectivity index (χ4v) is 2.73. The molecule has 0 aromatic carbocycles.